The van der Waals surface area contributed by atoms with Gasteiger partial charge in [0.2, 0.25) is 0 Å². The van der Waals surface area contributed by atoms with Crippen LogP contribution >= 0.6 is 11.6 Å². The molecule has 4 heteroatoms. The first kappa shape index (κ1) is 15.6. The standard InChI is InChI=1S/C16H25ClN2O/c1-12(2)9-18-10-13-5-6-14(17)8-16(13)19-7-3-4-15(19)11-20/h5-6,8,12,15,18,20H,3-4,7,9-11H2,1-2H3. The first-order valence-electron chi connectivity index (χ1n) is 7.48. The quantitative estimate of drug-likeness (QED) is 0.847. The van der Waals surface area contributed by atoms with Crippen molar-refractivity contribution >= 4 is 17.3 Å². The van der Waals surface area contributed by atoms with Crippen molar-refractivity contribution in [3.05, 3.63) is 28.8 Å². The molecule has 3 nitrogen and oxygen atoms in total. The fraction of sp³-hybridized carbons (Fsp3) is 0.625. The summed E-state index contributed by atoms with van der Waals surface area (Å²) in [6.07, 6.45) is 2.19. The second-order valence-corrected chi connectivity index (χ2v) is 6.41. The highest BCUT2D eigenvalue weighted by molar-refractivity contribution is 6.30. The van der Waals surface area contributed by atoms with Gasteiger partial charge in [0, 0.05) is 23.8 Å². The van der Waals surface area contributed by atoms with Crippen molar-refractivity contribution in [3.63, 3.8) is 0 Å². The molecule has 1 unspecified atom stereocenters. The lowest BCUT2D eigenvalue weighted by molar-refractivity contribution is 0.266. The van der Waals surface area contributed by atoms with Crippen molar-refractivity contribution < 1.29 is 5.11 Å². The Kier molecular flexibility index (Phi) is 5.70. The van der Waals surface area contributed by atoms with Crippen molar-refractivity contribution in [2.45, 2.75) is 39.3 Å². The van der Waals surface area contributed by atoms with Crippen molar-refractivity contribution in [3.8, 4) is 0 Å². The van der Waals surface area contributed by atoms with Crippen LogP contribution in [-0.4, -0.2) is 30.8 Å². The summed E-state index contributed by atoms with van der Waals surface area (Å²) in [4.78, 5) is 2.30. The average molecular weight is 297 g/mol. The smallest absolute Gasteiger partial charge is 0.0635 e. The maximum atomic E-state index is 9.52. The number of rotatable bonds is 6. The van der Waals surface area contributed by atoms with E-state index in [0.717, 1.165) is 37.5 Å². The summed E-state index contributed by atoms with van der Waals surface area (Å²) in [6.45, 7) is 7.48. The van der Waals surface area contributed by atoms with E-state index in [4.69, 9.17) is 11.6 Å². The predicted molar refractivity (Wildman–Crippen MR) is 85.5 cm³/mol. The molecule has 0 aliphatic carbocycles. The lowest BCUT2D eigenvalue weighted by Gasteiger charge is -2.28. The Morgan fingerprint density at radius 1 is 1.45 bits per heavy atom. The molecule has 0 saturated carbocycles. The zero-order valence-electron chi connectivity index (χ0n) is 12.4. The molecule has 0 radical (unpaired) electrons. The van der Waals surface area contributed by atoms with E-state index in [1.165, 1.54) is 11.3 Å². The molecule has 1 atom stereocenters. The molecule has 0 spiro atoms. The van der Waals surface area contributed by atoms with Crippen LogP contribution in [0.5, 0.6) is 0 Å². The van der Waals surface area contributed by atoms with Crippen LogP contribution in [-0.2, 0) is 6.54 Å². The Hall–Kier alpha value is -0.770. The van der Waals surface area contributed by atoms with E-state index >= 15 is 0 Å². The van der Waals surface area contributed by atoms with Gasteiger partial charge in [-0.15, -0.1) is 0 Å². The highest BCUT2D eigenvalue weighted by atomic mass is 35.5. The van der Waals surface area contributed by atoms with E-state index in [-0.39, 0.29) is 12.6 Å². The van der Waals surface area contributed by atoms with E-state index in [1.807, 2.05) is 12.1 Å². The Labute approximate surface area is 126 Å². The summed E-state index contributed by atoms with van der Waals surface area (Å²) < 4.78 is 0. The van der Waals surface area contributed by atoms with Crippen molar-refractivity contribution in [1.29, 1.82) is 0 Å². The first-order chi connectivity index (χ1) is 9.61. The fourth-order valence-corrected chi connectivity index (χ4v) is 2.96. The molecule has 20 heavy (non-hydrogen) atoms. The molecule has 0 bridgehead atoms. The maximum Gasteiger partial charge on any atom is 0.0635 e. The number of nitrogens with one attached hydrogen (secondary N) is 1. The Morgan fingerprint density at radius 3 is 2.95 bits per heavy atom. The van der Waals surface area contributed by atoms with E-state index in [0.29, 0.717) is 5.92 Å². The van der Waals surface area contributed by atoms with Crippen LogP contribution in [0.25, 0.3) is 0 Å². The van der Waals surface area contributed by atoms with E-state index in [2.05, 4.69) is 30.1 Å². The van der Waals surface area contributed by atoms with Gasteiger partial charge in [0.25, 0.3) is 0 Å². The minimum atomic E-state index is 0.214. The number of nitrogens with zero attached hydrogens (tertiary/aromatic N) is 1. The normalized spacial score (nSPS) is 19.1. The zero-order chi connectivity index (χ0) is 14.5. The van der Waals surface area contributed by atoms with Crippen LogP contribution in [0, 0.1) is 5.92 Å². The highest BCUT2D eigenvalue weighted by Crippen LogP contribution is 2.31. The Balaban J connectivity index is 2.15. The number of aliphatic hydroxyl groups excluding tert-OH is 1. The fourth-order valence-electron chi connectivity index (χ4n) is 2.79. The third-order valence-electron chi connectivity index (χ3n) is 3.81. The average Bonchev–Trinajstić information content (AvgIpc) is 2.88. The lowest BCUT2D eigenvalue weighted by atomic mass is 10.1. The lowest BCUT2D eigenvalue weighted by Crippen LogP contribution is -2.33. The molecule has 2 rings (SSSR count). The van der Waals surface area contributed by atoms with Crippen molar-refractivity contribution in [2.75, 3.05) is 24.6 Å². The number of hydrogen-bond acceptors (Lipinski definition) is 3. The van der Waals surface area contributed by atoms with Crippen LogP contribution in [0.1, 0.15) is 32.3 Å². The highest BCUT2D eigenvalue weighted by Gasteiger charge is 2.25. The van der Waals surface area contributed by atoms with Gasteiger partial charge in [-0.1, -0.05) is 31.5 Å². The maximum absolute atomic E-state index is 9.52. The van der Waals surface area contributed by atoms with E-state index in [9.17, 15) is 5.11 Å². The molecule has 0 amide bonds. The van der Waals surface area contributed by atoms with Crippen LogP contribution in [0.4, 0.5) is 5.69 Å². The van der Waals surface area contributed by atoms with E-state index < -0.39 is 0 Å². The molecule has 1 heterocycles. The molecular formula is C16H25ClN2O. The second-order valence-electron chi connectivity index (χ2n) is 5.97. The SMILES string of the molecule is CC(C)CNCc1ccc(Cl)cc1N1CCCC1CO. The zero-order valence-corrected chi connectivity index (χ0v) is 13.2. The molecule has 1 saturated heterocycles. The molecule has 112 valence electrons. The molecule has 1 aromatic rings. The van der Waals surface area contributed by atoms with Crippen LogP contribution < -0.4 is 10.2 Å². The summed E-state index contributed by atoms with van der Waals surface area (Å²) in [5.74, 6) is 0.641. The number of benzene rings is 1. The van der Waals surface area contributed by atoms with E-state index in [1.54, 1.807) is 0 Å². The molecule has 1 aromatic carbocycles. The summed E-state index contributed by atoms with van der Waals surface area (Å²) >= 11 is 6.16. The summed E-state index contributed by atoms with van der Waals surface area (Å²) in [5, 5.41) is 13.8. The summed E-state index contributed by atoms with van der Waals surface area (Å²) in [7, 11) is 0. The monoisotopic (exact) mass is 296 g/mol. The minimum absolute atomic E-state index is 0.214. The van der Waals surface area contributed by atoms with Crippen LogP contribution in [0.15, 0.2) is 18.2 Å². The molecule has 1 aliphatic heterocycles. The summed E-state index contributed by atoms with van der Waals surface area (Å²) in [6, 6.07) is 6.30. The van der Waals surface area contributed by atoms with Crippen molar-refractivity contribution in [2.24, 2.45) is 5.92 Å². The van der Waals surface area contributed by atoms with Gasteiger partial charge < -0.3 is 15.3 Å². The summed E-state index contributed by atoms with van der Waals surface area (Å²) in [5.41, 5.74) is 2.43. The molecule has 1 aliphatic rings. The number of hydrogen-bond donors (Lipinski definition) is 2. The van der Waals surface area contributed by atoms with Gasteiger partial charge in [0.15, 0.2) is 0 Å². The molecule has 0 aromatic heterocycles. The van der Waals surface area contributed by atoms with Crippen LogP contribution in [0.3, 0.4) is 0 Å². The Bertz CT molecular complexity index is 436. The van der Waals surface area contributed by atoms with Gasteiger partial charge in [-0.05, 0) is 43.0 Å². The van der Waals surface area contributed by atoms with Crippen LogP contribution in [0.2, 0.25) is 5.02 Å². The Morgan fingerprint density at radius 2 is 2.25 bits per heavy atom. The predicted octanol–water partition coefficient (Wildman–Crippen LogP) is 3.05. The minimum Gasteiger partial charge on any atom is -0.394 e. The van der Waals surface area contributed by atoms with Gasteiger partial charge in [-0.2, -0.15) is 0 Å². The topological polar surface area (TPSA) is 35.5 Å². The molecular weight excluding hydrogens is 272 g/mol. The molecule has 1 fully saturated rings. The third-order valence-corrected chi connectivity index (χ3v) is 4.05. The third kappa shape index (κ3) is 3.87. The first-order valence-corrected chi connectivity index (χ1v) is 7.86. The second kappa shape index (κ2) is 7.30. The largest absolute Gasteiger partial charge is 0.394 e. The molecule has 2 N–H and O–H groups in total. The van der Waals surface area contributed by atoms with Gasteiger partial charge in [0.05, 0.1) is 12.6 Å². The van der Waals surface area contributed by atoms with Gasteiger partial charge in [0.1, 0.15) is 0 Å². The number of aliphatic hydroxyl groups is 1. The van der Waals surface area contributed by atoms with Gasteiger partial charge in [-0.3, -0.25) is 0 Å². The van der Waals surface area contributed by atoms with Gasteiger partial charge >= 0.3 is 0 Å². The number of anilines is 1. The van der Waals surface area contributed by atoms with Gasteiger partial charge in [-0.25, -0.2) is 0 Å². The number of halogens is 1. The van der Waals surface area contributed by atoms with Crippen molar-refractivity contribution in [1.82, 2.24) is 5.32 Å².